The summed E-state index contributed by atoms with van der Waals surface area (Å²) in [6.45, 7) is 0. The predicted molar refractivity (Wildman–Crippen MR) is 122 cm³/mol. The Morgan fingerprint density at radius 2 is 1.45 bits per heavy atom. The quantitative estimate of drug-likeness (QED) is 0.164. The highest BCUT2D eigenvalue weighted by Crippen LogP contribution is 2.35. The fraction of sp³-hybridized carbons (Fsp3) is 0. The van der Waals surface area contributed by atoms with Crippen molar-refractivity contribution in [3.63, 3.8) is 0 Å². The molecule has 0 fully saturated rings. The van der Waals surface area contributed by atoms with Crippen LogP contribution < -0.4 is 5.43 Å². The molecule has 1 heterocycles. The molecular formula is C23H17N5O2S. The molecule has 0 saturated heterocycles. The number of nitrogens with one attached hydrogen (secondary N) is 1. The zero-order chi connectivity index (χ0) is 21.5. The van der Waals surface area contributed by atoms with Crippen LogP contribution in [0.1, 0.15) is 15.4 Å². The van der Waals surface area contributed by atoms with Crippen LogP contribution >= 0.6 is 11.3 Å². The molecule has 0 radical (unpaired) electrons. The van der Waals surface area contributed by atoms with Crippen molar-refractivity contribution in [2.75, 3.05) is 5.43 Å². The number of aromatic hydroxyl groups is 1. The highest BCUT2D eigenvalue weighted by molar-refractivity contribution is 7.18. The minimum Gasteiger partial charge on any atom is -0.491 e. The van der Waals surface area contributed by atoms with E-state index in [9.17, 15) is 9.90 Å². The summed E-state index contributed by atoms with van der Waals surface area (Å²) in [7, 11) is 0. The van der Waals surface area contributed by atoms with Gasteiger partial charge in [0.1, 0.15) is 0 Å². The Morgan fingerprint density at radius 3 is 2.13 bits per heavy atom. The Labute approximate surface area is 182 Å². The molecule has 1 aromatic heterocycles. The number of anilines is 1. The van der Waals surface area contributed by atoms with Crippen molar-refractivity contribution >= 4 is 39.2 Å². The molecule has 0 saturated carbocycles. The third-order valence-corrected chi connectivity index (χ3v) is 5.06. The van der Waals surface area contributed by atoms with E-state index in [0.29, 0.717) is 16.9 Å². The minimum absolute atomic E-state index is 0.0662. The van der Waals surface area contributed by atoms with Gasteiger partial charge in [0.25, 0.3) is 5.88 Å². The summed E-state index contributed by atoms with van der Waals surface area (Å²) in [6, 6.07) is 27.1. The summed E-state index contributed by atoms with van der Waals surface area (Å²) in [5.41, 5.74) is 4.75. The van der Waals surface area contributed by atoms with Gasteiger partial charge in [0.05, 0.1) is 11.4 Å². The van der Waals surface area contributed by atoms with Gasteiger partial charge in [-0.2, -0.15) is 10.1 Å². The number of hydrogen-bond donors (Lipinski definition) is 2. The van der Waals surface area contributed by atoms with Crippen LogP contribution in [0.4, 0.5) is 16.4 Å². The van der Waals surface area contributed by atoms with Crippen LogP contribution in [0.2, 0.25) is 0 Å². The van der Waals surface area contributed by atoms with Crippen LogP contribution in [-0.4, -0.2) is 21.6 Å². The number of hydrogen-bond acceptors (Lipinski definition) is 8. The van der Waals surface area contributed by atoms with Crippen molar-refractivity contribution in [1.82, 2.24) is 4.98 Å². The number of aromatic nitrogens is 1. The summed E-state index contributed by atoms with van der Waals surface area (Å²) in [5.74, 6) is -0.641. The van der Waals surface area contributed by atoms with E-state index in [1.807, 2.05) is 54.6 Å². The number of rotatable bonds is 7. The molecule has 0 aliphatic heterocycles. The summed E-state index contributed by atoms with van der Waals surface area (Å²) >= 11 is 1.03. The van der Waals surface area contributed by atoms with E-state index in [0.717, 1.165) is 11.3 Å². The number of thiazole rings is 1. The number of ketones is 1. The Bertz CT molecular complexity index is 1220. The molecule has 4 rings (SSSR count). The van der Waals surface area contributed by atoms with E-state index in [2.05, 4.69) is 25.7 Å². The summed E-state index contributed by atoms with van der Waals surface area (Å²) in [5, 5.41) is 23.1. The van der Waals surface area contributed by atoms with Crippen molar-refractivity contribution < 1.29 is 9.90 Å². The molecule has 3 aromatic carbocycles. The van der Waals surface area contributed by atoms with E-state index >= 15 is 0 Å². The Hall–Kier alpha value is -4.17. The first-order valence-corrected chi connectivity index (χ1v) is 10.2. The monoisotopic (exact) mass is 427 g/mol. The fourth-order valence-corrected chi connectivity index (χ4v) is 3.39. The lowest BCUT2D eigenvalue weighted by atomic mass is 10.1. The van der Waals surface area contributed by atoms with E-state index in [-0.39, 0.29) is 27.4 Å². The number of Topliss-reactive ketones (excluding diaryl/α,β-unsaturated/α-hetero) is 1. The van der Waals surface area contributed by atoms with Gasteiger partial charge < -0.3 is 5.11 Å². The molecule has 0 spiro atoms. The van der Waals surface area contributed by atoms with Crippen molar-refractivity contribution in [1.29, 1.82) is 0 Å². The Balaban J connectivity index is 1.68. The van der Waals surface area contributed by atoms with Gasteiger partial charge in [0, 0.05) is 5.56 Å². The summed E-state index contributed by atoms with van der Waals surface area (Å²) < 4.78 is 0. The molecule has 4 aromatic rings. The first kappa shape index (κ1) is 20.1. The maximum absolute atomic E-state index is 13.1. The van der Waals surface area contributed by atoms with Crippen LogP contribution in [0.5, 0.6) is 5.88 Å². The third-order valence-electron chi connectivity index (χ3n) is 4.13. The van der Waals surface area contributed by atoms with Crippen molar-refractivity contribution in [2.45, 2.75) is 0 Å². The van der Waals surface area contributed by atoms with Gasteiger partial charge in [-0.25, -0.2) is 0 Å². The molecular weight excluding hydrogens is 410 g/mol. The number of azo groups is 1. The van der Waals surface area contributed by atoms with Crippen molar-refractivity contribution in [3.05, 3.63) is 102 Å². The average molecular weight is 427 g/mol. The molecule has 152 valence electrons. The average Bonchev–Trinajstić information content (AvgIpc) is 3.19. The summed E-state index contributed by atoms with van der Waals surface area (Å²) in [4.78, 5) is 17.2. The number of nitrogens with zero attached hydrogens (tertiary/aromatic N) is 4. The zero-order valence-corrected chi connectivity index (χ0v) is 17.0. The normalized spacial score (nSPS) is 11.5. The van der Waals surface area contributed by atoms with Gasteiger partial charge >= 0.3 is 0 Å². The molecule has 31 heavy (non-hydrogen) atoms. The van der Waals surface area contributed by atoms with Gasteiger partial charge in [-0.3, -0.25) is 10.2 Å². The second-order valence-electron chi connectivity index (χ2n) is 6.32. The van der Waals surface area contributed by atoms with E-state index < -0.39 is 0 Å². The van der Waals surface area contributed by atoms with E-state index in [4.69, 9.17) is 0 Å². The number of carbonyl (C=O) groups excluding carboxylic acids is 1. The molecule has 7 nitrogen and oxygen atoms in total. The number of benzene rings is 3. The van der Waals surface area contributed by atoms with Crippen molar-refractivity contribution in [2.24, 2.45) is 15.3 Å². The molecule has 0 bridgehead atoms. The lowest BCUT2D eigenvalue weighted by Gasteiger charge is -2.05. The SMILES string of the molecule is O=C(/C(=N/Nc1ccccc1)c1nc(O)c(N=Nc2ccccc2)s1)c1ccccc1. The van der Waals surface area contributed by atoms with Gasteiger partial charge in [-0.15, -0.1) is 10.2 Å². The number of carbonyl (C=O) groups is 1. The fourth-order valence-electron chi connectivity index (χ4n) is 2.62. The van der Waals surface area contributed by atoms with Crippen LogP contribution in [0.25, 0.3) is 0 Å². The number of para-hydroxylation sites is 1. The second kappa shape index (κ2) is 9.55. The van der Waals surface area contributed by atoms with E-state index in [1.54, 1.807) is 36.4 Å². The molecule has 2 N–H and O–H groups in total. The molecule has 0 aliphatic rings. The Kier molecular flexibility index (Phi) is 6.20. The van der Waals surface area contributed by atoms with Gasteiger partial charge in [-0.05, 0) is 24.3 Å². The lowest BCUT2D eigenvalue weighted by molar-refractivity contribution is 0.106. The topological polar surface area (TPSA) is 99.3 Å². The predicted octanol–water partition coefficient (Wildman–Crippen LogP) is 5.96. The second-order valence-corrected chi connectivity index (χ2v) is 7.29. The Morgan fingerprint density at radius 1 is 0.839 bits per heavy atom. The van der Waals surface area contributed by atoms with Crippen LogP contribution in [-0.2, 0) is 0 Å². The highest BCUT2D eigenvalue weighted by atomic mass is 32.1. The van der Waals surface area contributed by atoms with Crippen molar-refractivity contribution in [3.8, 4) is 5.88 Å². The highest BCUT2D eigenvalue weighted by Gasteiger charge is 2.22. The maximum Gasteiger partial charge on any atom is 0.251 e. The maximum atomic E-state index is 13.1. The largest absolute Gasteiger partial charge is 0.491 e. The molecule has 0 unspecified atom stereocenters. The number of hydrazone groups is 1. The minimum atomic E-state index is -0.329. The third kappa shape index (κ3) is 5.06. The van der Waals surface area contributed by atoms with Crippen LogP contribution in [0.15, 0.2) is 106 Å². The smallest absolute Gasteiger partial charge is 0.251 e. The molecule has 0 atom stereocenters. The van der Waals surface area contributed by atoms with Crippen LogP contribution in [0, 0.1) is 0 Å². The van der Waals surface area contributed by atoms with Gasteiger partial charge in [0.2, 0.25) is 10.8 Å². The van der Waals surface area contributed by atoms with Crippen LogP contribution in [0.3, 0.4) is 0 Å². The summed E-state index contributed by atoms with van der Waals surface area (Å²) in [6.07, 6.45) is 0. The molecule has 0 aliphatic carbocycles. The van der Waals surface area contributed by atoms with E-state index in [1.165, 1.54) is 0 Å². The first-order chi connectivity index (χ1) is 15.2. The first-order valence-electron chi connectivity index (χ1n) is 9.36. The standard InChI is InChI=1S/C23H17N5O2S/c29-20(16-10-4-1-5-11-16)19(27-25-17-12-6-2-7-13-17)22-24-21(30)23(31-22)28-26-18-14-8-3-9-15-18/h1-15,25,30H/b27-19-,28-26?. The van der Waals surface area contributed by atoms with Gasteiger partial charge in [0.15, 0.2) is 10.7 Å². The zero-order valence-electron chi connectivity index (χ0n) is 16.2. The molecule has 0 amide bonds. The van der Waals surface area contributed by atoms with Gasteiger partial charge in [-0.1, -0.05) is 78.1 Å². The molecule has 8 heteroatoms. The lowest BCUT2D eigenvalue weighted by Crippen LogP contribution is -2.17.